The molecule has 2 unspecified atom stereocenters. The van der Waals surface area contributed by atoms with E-state index in [0.29, 0.717) is 25.5 Å². The van der Waals surface area contributed by atoms with Crippen molar-refractivity contribution in [3.63, 3.8) is 0 Å². The second kappa shape index (κ2) is 9.09. The Balaban J connectivity index is 2.14. The number of rotatable bonds is 10. The average Bonchev–Trinajstić information content (AvgIpc) is 2.87. The van der Waals surface area contributed by atoms with Crippen LogP contribution >= 0.6 is 0 Å². The van der Waals surface area contributed by atoms with E-state index in [1.165, 1.54) is 0 Å². The van der Waals surface area contributed by atoms with Crippen molar-refractivity contribution in [2.75, 3.05) is 19.8 Å². The zero-order chi connectivity index (χ0) is 14.1. The summed E-state index contributed by atoms with van der Waals surface area (Å²) in [6, 6.07) is 3.85. The monoisotopic (exact) mass is 271 g/mol. The Morgan fingerprint density at radius 1 is 1.42 bits per heavy atom. The normalized spacial score (nSPS) is 14.8. The van der Waals surface area contributed by atoms with E-state index < -0.39 is 6.10 Å². The van der Waals surface area contributed by atoms with Crippen molar-refractivity contribution in [3.05, 3.63) is 24.2 Å². The van der Waals surface area contributed by atoms with Crippen LogP contribution in [0.4, 0.5) is 0 Å². The number of furan rings is 1. The number of nitrogens with one attached hydrogen (secondary N) is 1. The smallest absolute Gasteiger partial charge is 0.129 e. The SMILES string of the molecule is CC(C)C(CCO)NCC(O)COCc1ccco1. The first-order valence-corrected chi connectivity index (χ1v) is 6.76. The van der Waals surface area contributed by atoms with Crippen LogP contribution in [0, 0.1) is 5.92 Å². The number of ether oxygens (including phenoxy) is 1. The molecule has 0 radical (unpaired) electrons. The highest BCUT2D eigenvalue weighted by Crippen LogP contribution is 2.06. The molecule has 1 aromatic rings. The summed E-state index contributed by atoms with van der Waals surface area (Å²) >= 11 is 0. The molecule has 0 bridgehead atoms. The molecule has 0 aliphatic rings. The van der Waals surface area contributed by atoms with Crippen molar-refractivity contribution < 1.29 is 19.4 Å². The van der Waals surface area contributed by atoms with Gasteiger partial charge in [-0.15, -0.1) is 0 Å². The van der Waals surface area contributed by atoms with Crippen molar-refractivity contribution in [3.8, 4) is 0 Å². The van der Waals surface area contributed by atoms with Crippen molar-refractivity contribution in [1.29, 1.82) is 0 Å². The Kier molecular flexibility index (Phi) is 7.74. The highest BCUT2D eigenvalue weighted by molar-refractivity contribution is 4.96. The Bertz CT molecular complexity index is 313. The highest BCUT2D eigenvalue weighted by Gasteiger charge is 2.14. The first-order valence-electron chi connectivity index (χ1n) is 6.76. The van der Waals surface area contributed by atoms with Gasteiger partial charge in [-0.2, -0.15) is 0 Å². The first-order chi connectivity index (χ1) is 9.13. The molecule has 5 nitrogen and oxygen atoms in total. The maximum atomic E-state index is 9.80. The summed E-state index contributed by atoms with van der Waals surface area (Å²) in [7, 11) is 0. The summed E-state index contributed by atoms with van der Waals surface area (Å²) in [5.74, 6) is 1.17. The third-order valence-corrected chi connectivity index (χ3v) is 3.00. The van der Waals surface area contributed by atoms with Crippen LogP contribution in [0.5, 0.6) is 0 Å². The largest absolute Gasteiger partial charge is 0.467 e. The van der Waals surface area contributed by atoms with Gasteiger partial charge in [0.05, 0.1) is 19.0 Å². The maximum Gasteiger partial charge on any atom is 0.129 e. The Hall–Kier alpha value is -0.880. The zero-order valence-corrected chi connectivity index (χ0v) is 11.7. The van der Waals surface area contributed by atoms with Gasteiger partial charge in [-0.1, -0.05) is 13.8 Å². The summed E-state index contributed by atoms with van der Waals surface area (Å²) in [4.78, 5) is 0. The van der Waals surface area contributed by atoms with Crippen molar-refractivity contribution in [1.82, 2.24) is 5.32 Å². The van der Waals surface area contributed by atoms with Gasteiger partial charge < -0.3 is 24.7 Å². The van der Waals surface area contributed by atoms with Gasteiger partial charge in [-0.05, 0) is 24.5 Å². The Labute approximate surface area is 114 Å². The van der Waals surface area contributed by atoms with E-state index >= 15 is 0 Å². The molecule has 0 saturated carbocycles. The number of hydrogen-bond donors (Lipinski definition) is 3. The molecule has 1 rings (SSSR count). The van der Waals surface area contributed by atoms with Gasteiger partial charge in [-0.25, -0.2) is 0 Å². The Morgan fingerprint density at radius 2 is 2.21 bits per heavy atom. The van der Waals surface area contributed by atoms with E-state index in [1.807, 2.05) is 6.07 Å². The van der Waals surface area contributed by atoms with Crippen molar-refractivity contribution in [2.24, 2.45) is 5.92 Å². The first kappa shape index (κ1) is 16.2. The minimum atomic E-state index is -0.560. The van der Waals surface area contributed by atoms with Gasteiger partial charge in [0, 0.05) is 19.2 Å². The van der Waals surface area contributed by atoms with Crippen molar-refractivity contribution >= 4 is 0 Å². The Morgan fingerprint density at radius 3 is 2.79 bits per heavy atom. The van der Waals surface area contributed by atoms with Crippen LogP contribution in [0.15, 0.2) is 22.8 Å². The lowest BCUT2D eigenvalue weighted by Crippen LogP contribution is -2.40. The molecule has 0 amide bonds. The molecule has 2 atom stereocenters. The lowest BCUT2D eigenvalue weighted by atomic mass is 10.0. The minimum absolute atomic E-state index is 0.154. The van der Waals surface area contributed by atoms with E-state index in [1.54, 1.807) is 12.3 Å². The van der Waals surface area contributed by atoms with Gasteiger partial charge in [0.2, 0.25) is 0 Å². The number of aliphatic hydroxyl groups excluding tert-OH is 2. The van der Waals surface area contributed by atoms with Crippen LogP contribution < -0.4 is 5.32 Å². The van der Waals surface area contributed by atoms with Crippen molar-refractivity contribution in [2.45, 2.75) is 39.0 Å². The van der Waals surface area contributed by atoms with Crippen LogP contribution in [-0.4, -0.2) is 42.1 Å². The maximum absolute atomic E-state index is 9.80. The zero-order valence-electron chi connectivity index (χ0n) is 11.7. The molecule has 1 heterocycles. The highest BCUT2D eigenvalue weighted by atomic mass is 16.5. The van der Waals surface area contributed by atoms with E-state index in [0.717, 1.165) is 5.76 Å². The molecule has 0 fully saturated rings. The van der Waals surface area contributed by atoms with Gasteiger partial charge in [0.15, 0.2) is 0 Å². The average molecular weight is 271 g/mol. The van der Waals surface area contributed by atoms with Gasteiger partial charge in [0.1, 0.15) is 12.4 Å². The minimum Gasteiger partial charge on any atom is -0.467 e. The second-order valence-corrected chi connectivity index (χ2v) is 5.02. The van der Waals surface area contributed by atoms with Gasteiger partial charge in [0.25, 0.3) is 0 Å². The van der Waals surface area contributed by atoms with Crippen LogP contribution in [-0.2, 0) is 11.3 Å². The van der Waals surface area contributed by atoms with E-state index in [-0.39, 0.29) is 19.3 Å². The molecule has 1 aromatic heterocycles. The fraction of sp³-hybridized carbons (Fsp3) is 0.714. The lowest BCUT2D eigenvalue weighted by Gasteiger charge is -2.23. The fourth-order valence-electron chi connectivity index (χ4n) is 1.85. The summed E-state index contributed by atoms with van der Waals surface area (Å²) in [5.41, 5.74) is 0. The molecule has 110 valence electrons. The fourth-order valence-corrected chi connectivity index (χ4v) is 1.85. The number of hydrogen-bond acceptors (Lipinski definition) is 5. The third kappa shape index (κ3) is 6.73. The molecule has 0 aromatic carbocycles. The predicted octanol–water partition coefficient (Wildman–Crippen LogP) is 1.15. The van der Waals surface area contributed by atoms with Crippen LogP contribution in [0.25, 0.3) is 0 Å². The molecular formula is C14H25NO4. The van der Waals surface area contributed by atoms with Gasteiger partial charge in [-0.3, -0.25) is 0 Å². The quantitative estimate of drug-likeness (QED) is 0.595. The van der Waals surface area contributed by atoms with E-state index in [4.69, 9.17) is 14.3 Å². The topological polar surface area (TPSA) is 74.9 Å². The summed E-state index contributed by atoms with van der Waals surface area (Å²) < 4.78 is 10.5. The lowest BCUT2D eigenvalue weighted by molar-refractivity contribution is 0.0204. The molecular weight excluding hydrogens is 246 g/mol. The summed E-state index contributed by atoms with van der Waals surface area (Å²) in [6.07, 6.45) is 1.73. The molecule has 0 aliphatic carbocycles. The molecule has 19 heavy (non-hydrogen) atoms. The molecule has 0 aliphatic heterocycles. The standard InChI is InChI=1S/C14H25NO4/c1-11(2)14(5-6-16)15-8-12(17)9-18-10-13-4-3-7-19-13/h3-4,7,11-12,14-17H,5-6,8-10H2,1-2H3. The van der Waals surface area contributed by atoms with Crippen LogP contribution in [0.3, 0.4) is 0 Å². The molecule has 0 spiro atoms. The van der Waals surface area contributed by atoms with E-state index in [9.17, 15) is 5.11 Å². The second-order valence-electron chi connectivity index (χ2n) is 5.02. The third-order valence-electron chi connectivity index (χ3n) is 3.00. The number of aliphatic hydroxyl groups is 2. The molecule has 0 saturated heterocycles. The summed E-state index contributed by atoms with van der Waals surface area (Å²) in [6.45, 7) is 5.42. The van der Waals surface area contributed by atoms with E-state index in [2.05, 4.69) is 19.2 Å². The van der Waals surface area contributed by atoms with Gasteiger partial charge >= 0.3 is 0 Å². The predicted molar refractivity (Wildman–Crippen MR) is 72.7 cm³/mol. The summed E-state index contributed by atoms with van der Waals surface area (Å²) in [5, 5.41) is 22.0. The van der Waals surface area contributed by atoms with Crippen LogP contribution in [0.2, 0.25) is 0 Å². The molecule has 3 N–H and O–H groups in total. The van der Waals surface area contributed by atoms with Crippen LogP contribution in [0.1, 0.15) is 26.0 Å². The molecule has 5 heteroatoms.